The van der Waals surface area contributed by atoms with Crippen molar-refractivity contribution in [1.82, 2.24) is 5.32 Å². The highest BCUT2D eigenvalue weighted by Crippen LogP contribution is 2.26. The third kappa shape index (κ3) is 7.09. The Morgan fingerprint density at radius 2 is 1.92 bits per heavy atom. The smallest absolute Gasteiger partial charge is 0.333 e. The molecule has 6 heteroatoms. The van der Waals surface area contributed by atoms with Crippen LogP contribution in [0.2, 0.25) is 0 Å². The van der Waals surface area contributed by atoms with Crippen LogP contribution in [-0.2, 0) is 14.3 Å². The summed E-state index contributed by atoms with van der Waals surface area (Å²) < 4.78 is 11.2. The Morgan fingerprint density at radius 3 is 2.38 bits per heavy atom. The number of carbonyl (C=O) groups is 1. The number of ether oxygens (including phenoxy) is 2. The largest absolute Gasteiger partial charge is 0.463 e. The summed E-state index contributed by atoms with van der Waals surface area (Å²) in [6.45, 7) is 12.4. The highest BCUT2D eigenvalue weighted by Gasteiger charge is 2.37. The molecule has 0 saturated heterocycles. The van der Waals surface area contributed by atoms with Crippen LogP contribution in [0, 0.1) is 0 Å². The molecule has 142 valence electrons. The maximum Gasteiger partial charge on any atom is 0.333 e. The predicted octanol–water partition coefficient (Wildman–Crippen LogP) is 2.99. The van der Waals surface area contributed by atoms with Gasteiger partial charge in [-0.25, -0.2) is 4.79 Å². The minimum Gasteiger partial charge on any atom is -0.463 e. The Labute approximate surface area is 152 Å². The highest BCUT2D eigenvalue weighted by atomic mass is 35.5. The lowest BCUT2D eigenvalue weighted by Gasteiger charge is -2.38. The number of hydrogen-bond donors (Lipinski definition) is 2. The second kappa shape index (κ2) is 10.4. The average molecular weight is 364 g/mol. The second-order valence-electron chi connectivity index (χ2n) is 7.15. The minimum absolute atomic E-state index is 0. The molecule has 1 aliphatic carbocycles. The van der Waals surface area contributed by atoms with E-state index in [1.807, 2.05) is 20.8 Å². The zero-order valence-electron chi connectivity index (χ0n) is 15.8. The van der Waals surface area contributed by atoms with E-state index in [-0.39, 0.29) is 36.1 Å². The van der Waals surface area contributed by atoms with E-state index in [9.17, 15) is 9.90 Å². The monoisotopic (exact) mass is 363 g/mol. The molecule has 0 unspecified atom stereocenters. The lowest BCUT2D eigenvalue weighted by Crippen LogP contribution is -2.55. The van der Waals surface area contributed by atoms with Crippen LogP contribution in [0.4, 0.5) is 0 Å². The molecule has 0 aromatic rings. The number of aliphatic hydroxyl groups excluding tert-OH is 1. The van der Waals surface area contributed by atoms with E-state index >= 15 is 0 Å². The van der Waals surface area contributed by atoms with Crippen molar-refractivity contribution >= 4 is 18.4 Å². The van der Waals surface area contributed by atoms with E-state index < -0.39 is 12.2 Å². The molecule has 2 N–H and O–H groups in total. The van der Waals surface area contributed by atoms with E-state index in [1.54, 1.807) is 13.0 Å². The van der Waals surface area contributed by atoms with Crippen molar-refractivity contribution in [2.75, 3.05) is 6.61 Å². The molecule has 0 aromatic heterocycles. The van der Waals surface area contributed by atoms with E-state index in [0.29, 0.717) is 18.6 Å². The number of rotatable bonds is 7. The van der Waals surface area contributed by atoms with Gasteiger partial charge in [-0.3, -0.25) is 0 Å². The molecule has 0 amide bonds. The number of hydrogen-bond acceptors (Lipinski definition) is 5. The van der Waals surface area contributed by atoms with Gasteiger partial charge in [-0.15, -0.1) is 12.4 Å². The minimum atomic E-state index is -0.687. The number of aliphatic hydroxyl groups is 1. The van der Waals surface area contributed by atoms with Gasteiger partial charge in [-0.2, -0.15) is 0 Å². The van der Waals surface area contributed by atoms with Gasteiger partial charge in [0.25, 0.3) is 0 Å². The van der Waals surface area contributed by atoms with Crippen molar-refractivity contribution in [2.24, 2.45) is 0 Å². The number of halogens is 1. The standard InChI is InChI=1S/C18H33NO4.ClH/c1-7-13(8-2)23-15-11-12(17(21)22-9-3)10-14(16(15)20)19-18(4,5)6;/h11,13-16,19-20H,7-10H2,1-6H3;1H/t14-,15-,16+;/m1./s1. The number of carbonyl (C=O) groups excluding carboxylic acids is 1. The number of esters is 1. The van der Waals surface area contributed by atoms with Gasteiger partial charge in [0.2, 0.25) is 0 Å². The molecule has 0 heterocycles. The van der Waals surface area contributed by atoms with Crippen LogP contribution < -0.4 is 5.32 Å². The molecule has 3 atom stereocenters. The molecule has 1 rings (SSSR count). The molecule has 5 nitrogen and oxygen atoms in total. The van der Waals surface area contributed by atoms with Gasteiger partial charge in [0, 0.05) is 17.2 Å². The van der Waals surface area contributed by atoms with Crippen LogP contribution in [0.15, 0.2) is 11.6 Å². The Bertz CT molecular complexity index is 416. The molecule has 0 aliphatic heterocycles. The van der Waals surface area contributed by atoms with Crippen molar-refractivity contribution in [1.29, 1.82) is 0 Å². The fourth-order valence-electron chi connectivity index (χ4n) is 2.84. The summed E-state index contributed by atoms with van der Waals surface area (Å²) >= 11 is 0. The molecule has 0 spiro atoms. The molecule has 24 heavy (non-hydrogen) atoms. The van der Waals surface area contributed by atoms with Gasteiger partial charge < -0.3 is 19.9 Å². The van der Waals surface area contributed by atoms with Crippen molar-refractivity contribution in [3.63, 3.8) is 0 Å². The second-order valence-corrected chi connectivity index (χ2v) is 7.15. The molecule has 0 aromatic carbocycles. The summed E-state index contributed by atoms with van der Waals surface area (Å²) in [5.74, 6) is -0.321. The summed E-state index contributed by atoms with van der Waals surface area (Å²) in [4.78, 5) is 12.1. The Morgan fingerprint density at radius 1 is 1.33 bits per heavy atom. The SMILES string of the molecule is CCOC(=O)C1=C[C@@H](OC(CC)CC)[C@@H](O)[C@H](NC(C)(C)C)C1.Cl. The molecule has 0 fully saturated rings. The lowest BCUT2D eigenvalue weighted by atomic mass is 9.88. The van der Waals surface area contributed by atoms with E-state index in [4.69, 9.17) is 9.47 Å². The fraction of sp³-hybridized carbons (Fsp3) is 0.833. The third-order valence-corrected chi connectivity index (χ3v) is 3.97. The van der Waals surface area contributed by atoms with Gasteiger partial charge in [0.1, 0.15) is 6.10 Å². The fourth-order valence-corrected chi connectivity index (χ4v) is 2.84. The first-order valence-corrected chi connectivity index (χ1v) is 8.70. The topological polar surface area (TPSA) is 67.8 Å². The predicted molar refractivity (Wildman–Crippen MR) is 98.5 cm³/mol. The van der Waals surface area contributed by atoms with Gasteiger partial charge >= 0.3 is 5.97 Å². The third-order valence-electron chi connectivity index (χ3n) is 3.97. The molecule has 0 radical (unpaired) electrons. The quantitative estimate of drug-likeness (QED) is 0.680. The Balaban J connectivity index is 0.00000529. The molecule has 1 aliphatic rings. The first-order valence-electron chi connectivity index (χ1n) is 8.70. The zero-order valence-corrected chi connectivity index (χ0v) is 16.6. The first-order chi connectivity index (χ1) is 10.7. The normalized spacial score (nSPS) is 24.3. The summed E-state index contributed by atoms with van der Waals surface area (Å²) in [5, 5.41) is 14.1. The average Bonchev–Trinajstić information content (AvgIpc) is 2.46. The van der Waals surface area contributed by atoms with Gasteiger partial charge in [-0.1, -0.05) is 13.8 Å². The van der Waals surface area contributed by atoms with Crippen LogP contribution in [0.5, 0.6) is 0 Å². The first kappa shape index (κ1) is 23.4. The van der Waals surface area contributed by atoms with Crippen LogP contribution in [0.3, 0.4) is 0 Å². The van der Waals surface area contributed by atoms with E-state index in [2.05, 4.69) is 19.2 Å². The zero-order chi connectivity index (χ0) is 17.6. The summed E-state index contributed by atoms with van der Waals surface area (Å²) in [7, 11) is 0. The number of nitrogens with one attached hydrogen (secondary N) is 1. The Hall–Kier alpha value is -0.620. The van der Waals surface area contributed by atoms with Crippen LogP contribution in [-0.4, -0.2) is 47.6 Å². The molecule has 0 saturated carbocycles. The van der Waals surface area contributed by atoms with Crippen LogP contribution in [0.1, 0.15) is 60.8 Å². The van der Waals surface area contributed by atoms with Gasteiger partial charge in [0.05, 0.1) is 18.8 Å². The lowest BCUT2D eigenvalue weighted by molar-refractivity contribution is -0.139. The molecular formula is C18H34ClNO4. The highest BCUT2D eigenvalue weighted by molar-refractivity contribution is 5.89. The molecular weight excluding hydrogens is 330 g/mol. The summed E-state index contributed by atoms with van der Waals surface area (Å²) in [6, 6.07) is -0.237. The maximum absolute atomic E-state index is 12.1. The van der Waals surface area contributed by atoms with Crippen molar-refractivity contribution in [2.45, 2.75) is 90.7 Å². The summed E-state index contributed by atoms with van der Waals surface area (Å²) in [5.41, 5.74) is 0.414. The van der Waals surface area contributed by atoms with Crippen molar-refractivity contribution < 1.29 is 19.4 Å². The van der Waals surface area contributed by atoms with Crippen LogP contribution >= 0.6 is 12.4 Å². The maximum atomic E-state index is 12.1. The summed E-state index contributed by atoms with van der Waals surface area (Å²) in [6.07, 6.45) is 2.82. The van der Waals surface area contributed by atoms with Crippen LogP contribution in [0.25, 0.3) is 0 Å². The molecule has 0 bridgehead atoms. The van der Waals surface area contributed by atoms with Gasteiger partial charge in [-0.05, 0) is 53.0 Å². The van der Waals surface area contributed by atoms with E-state index in [1.165, 1.54) is 0 Å². The van der Waals surface area contributed by atoms with Crippen molar-refractivity contribution in [3.8, 4) is 0 Å². The Kier molecular flexibility index (Phi) is 10.1. The van der Waals surface area contributed by atoms with Gasteiger partial charge in [0.15, 0.2) is 0 Å². The van der Waals surface area contributed by atoms with E-state index in [0.717, 1.165) is 12.8 Å². The van der Waals surface area contributed by atoms with Crippen molar-refractivity contribution in [3.05, 3.63) is 11.6 Å².